The van der Waals surface area contributed by atoms with Crippen LogP contribution in [0.15, 0.2) is 28.7 Å². The van der Waals surface area contributed by atoms with Gasteiger partial charge in [-0.15, -0.1) is 0 Å². The Hall–Kier alpha value is -1.39. The minimum atomic E-state index is -1.83. The van der Waals surface area contributed by atoms with Crippen molar-refractivity contribution < 1.29 is 13.2 Å². The largest absolute Gasteiger partial charge is 0.456 e. The molecule has 3 nitrogen and oxygen atoms in total. The second kappa shape index (κ2) is 3.57. The molecule has 16 heavy (non-hydrogen) atoms. The molecule has 3 rings (SSSR count). The molecule has 2 atom stereocenters. The number of hydrogen-bond acceptors (Lipinski definition) is 2. The van der Waals surface area contributed by atoms with Gasteiger partial charge in [-0.25, -0.2) is 4.21 Å². The topological polar surface area (TPSA) is 50.4 Å². The number of hydrogen-bond donors (Lipinski definition) is 1. The highest BCUT2D eigenvalue weighted by atomic mass is 32.2. The monoisotopic (exact) mass is 234 g/mol. The van der Waals surface area contributed by atoms with E-state index in [-0.39, 0.29) is 5.25 Å². The molecule has 1 N–H and O–H groups in total. The SMILES string of the molecule is O=S(O)C1C=c2oc3ccccc3c2=CC1. The summed E-state index contributed by atoms with van der Waals surface area (Å²) in [4.78, 5) is 0. The molecule has 4 heteroatoms. The summed E-state index contributed by atoms with van der Waals surface area (Å²) >= 11 is -1.83. The third-order valence-corrected chi connectivity index (χ3v) is 3.66. The number of para-hydroxylation sites is 1. The third-order valence-electron chi connectivity index (χ3n) is 2.81. The first-order valence-corrected chi connectivity index (χ1v) is 6.22. The van der Waals surface area contributed by atoms with E-state index in [1.165, 1.54) is 0 Å². The van der Waals surface area contributed by atoms with Gasteiger partial charge < -0.3 is 8.97 Å². The van der Waals surface area contributed by atoms with Gasteiger partial charge in [-0.05, 0) is 18.6 Å². The normalized spacial score (nSPS) is 20.9. The van der Waals surface area contributed by atoms with E-state index in [0.29, 0.717) is 11.8 Å². The van der Waals surface area contributed by atoms with Crippen LogP contribution in [0, 0.1) is 0 Å². The molecule has 2 aromatic rings. The van der Waals surface area contributed by atoms with Crippen molar-refractivity contribution in [2.24, 2.45) is 0 Å². The maximum Gasteiger partial charge on any atom is 0.160 e. The molecule has 0 spiro atoms. The van der Waals surface area contributed by atoms with E-state index in [2.05, 4.69) is 0 Å². The van der Waals surface area contributed by atoms with Crippen molar-refractivity contribution in [3.63, 3.8) is 0 Å². The highest BCUT2D eigenvalue weighted by molar-refractivity contribution is 7.80. The van der Waals surface area contributed by atoms with Gasteiger partial charge in [0.15, 0.2) is 11.1 Å². The maximum absolute atomic E-state index is 11.0. The van der Waals surface area contributed by atoms with Crippen LogP contribution in [-0.4, -0.2) is 14.0 Å². The summed E-state index contributed by atoms with van der Waals surface area (Å²) in [6.45, 7) is 0. The average Bonchev–Trinajstić information content (AvgIpc) is 2.66. The lowest BCUT2D eigenvalue weighted by molar-refractivity contribution is 0.552. The minimum Gasteiger partial charge on any atom is -0.456 e. The van der Waals surface area contributed by atoms with Gasteiger partial charge in [0.25, 0.3) is 0 Å². The molecular weight excluding hydrogens is 224 g/mol. The van der Waals surface area contributed by atoms with E-state index in [4.69, 9.17) is 8.97 Å². The molecule has 0 saturated heterocycles. The van der Waals surface area contributed by atoms with E-state index < -0.39 is 11.1 Å². The first-order valence-electron chi connectivity index (χ1n) is 5.05. The van der Waals surface area contributed by atoms with Gasteiger partial charge in [-0.3, -0.25) is 0 Å². The summed E-state index contributed by atoms with van der Waals surface area (Å²) in [6.07, 6.45) is 4.30. The van der Waals surface area contributed by atoms with E-state index in [0.717, 1.165) is 16.2 Å². The summed E-state index contributed by atoms with van der Waals surface area (Å²) in [6, 6.07) is 7.78. The highest BCUT2D eigenvalue weighted by Gasteiger charge is 2.16. The lowest BCUT2D eigenvalue weighted by atomic mass is 10.1. The van der Waals surface area contributed by atoms with Crippen molar-refractivity contribution in [3.8, 4) is 0 Å². The third kappa shape index (κ3) is 1.42. The van der Waals surface area contributed by atoms with Crippen molar-refractivity contribution in [2.45, 2.75) is 11.7 Å². The molecule has 82 valence electrons. The molecule has 0 saturated carbocycles. The van der Waals surface area contributed by atoms with Crippen LogP contribution in [0.2, 0.25) is 0 Å². The second-order valence-corrected chi connectivity index (χ2v) is 4.96. The zero-order valence-electron chi connectivity index (χ0n) is 8.42. The van der Waals surface area contributed by atoms with Crippen LogP contribution in [0.25, 0.3) is 23.1 Å². The van der Waals surface area contributed by atoms with Crippen LogP contribution >= 0.6 is 0 Å². The Bertz CT molecular complexity index is 684. The predicted octanol–water partition coefficient (Wildman–Crippen LogP) is 0.988. The van der Waals surface area contributed by atoms with Crippen molar-refractivity contribution in [1.82, 2.24) is 0 Å². The Morgan fingerprint density at radius 2 is 2.19 bits per heavy atom. The first kappa shape index (κ1) is 9.81. The molecule has 0 amide bonds. The van der Waals surface area contributed by atoms with Gasteiger partial charge in [0.2, 0.25) is 0 Å². The number of furan rings is 1. The fourth-order valence-electron chi connectivity index (χ4n) is 2.03. The van der Waals surface area contributed by atoms with Crippen LogP contribution in [-0.2, 0) is 11.1 Å². The molecule has 0 bridgehead atoms. The van der Waals surface area contributed by atoms with Gasteiger partial charge >= 0.3 is 0 Å². The molecular formula is C12H10O3S. The average molecular weight is 234 g/mol. The Balaban J connectivity index is 2.33. The van der Waals surface area contributed by atoms with Crippen molar-refractivity contribution in [1.29, 1.82) is 0 Å². The highest BCUT2D eigenvalue weighted by Crippen LogP contribution is 2.11. The van der Waals surface area contributed by atoms with E-state index >= 15 is 0 Å². The lowest BCUT2D eigenvalue weighted by Gasteiger charge is -2.05. The van der Waals surface area contributed by atoms with Crippen molar-refractivity contribution in [3.05, 3.63) is 34.9 Å². The number of rotatable bonds is 1. The van der Waals surface area contributed by atoms with Crippen molar-refractivity contribution in [2.75, 3.05) is 0 Å². The van der Waals surface area contributed by atoms with Gasteiger partial charge in [0, 0.05) is 10.6 Å². The molecule has 0 fully saturated rings. The summed E-state index contributed by atoms with van der Waals surface area (Å²) in [5.74, 6) is 0. The molecule has 0 radical (unpaired) electrons. The van der Waals surface area contributed by atoms with Crippen LogP contribution in [0.3, 0.4) is 0 Å². The Labute approximate surface area is 94.4 Å². The summed E-state index contributed by atoms with van der Waals surface area (Å²) < 4.78 is 25.7. The maximum atomic E-state index is 11.0. The standard InChI is InChI=1S/C12H10O3S/c13-16(14)8-5-6-10-9-3-1-2-4-11(9)15-12(10)7-8/h1-4,6-8H,5H2,(H,13,14). The zero-order valence-corrected chi connectivity index (χ0v) is 9.24. The fourth-order valence-corrected chi connectivity index (χ4v) is 2.53. The summed E-state index contributed by atoms with van der Waals surface area (Å²) in [5.41, 5.74) is 1.53. The van der Waals surface area contributed by atoms with E-state index in [1.807, 2.05) is 30.3 Å². The molecule has 1 aromatic carbocycles. The summed E-state index contributed by atoms with van der Waals surface area (Å²) in [7, 11) is 0. The summed E-state index contributed by atoms with van der Waals surface area (Å²) in [5, 5.41) is 1.75. The van der Waals surface area contributed by atoms with Gasteiger partial charge in [0.1, 0.15) is 11.0 Å². The zero-order chi connectivity index (χ0) is 11.1. The molecule has 1 aliphatic rings. The molecule has 0 aliphatic heterocycles. The van der Waals surface area contributed by atoms with Gasteiger partial charge in [-0.2, -0.15) is 0 Å². The van der Waals surface area contributed by atoms with E-state index in [1.54, 1.807) is 6.08 Å². The molecule has 1 aliphatic carbocycles. The van der Waals surface area contributed by atoms with Crippen LogP contribution in [0.4, 0.5) is 0 Å². The Morgan fingerprint density at radius 3 is 3.00 bits per heavy atom. The minimum absolute atomic E-state index is 0.354. The number of benzene rings is 1. The van der Waals surface area contributed by atoms with Crippen molar-refractivity contribution >= 4 is 34.2 Å². The van der Waals surface area contributed by atoms with Gasteiger partial charge in [-0.1, -0.05) is 24.3 Å². The predicted molar refractivity (Wildman–Crippen MR) is 63.6 cm³/mol. The van der Waals surface area contributed by atoms with E-state index in [9.17, 15) is 4.21 Å². The quantitative estimate of drug-likeness (QED) is 0.748. The Kier molecular flexibility index (Phi) is 2.19. The second-order valence-electron chi connectivity index (χ2n) is 3.80. The fraction of sp³-hybridized carbons (Fsp3) is 0.167. The molecule has 1 aromatic heterocycles. The number of fused-ring (bicyclic) bond motifs is 3. The van der Waals surface area contributed by atoms with Gasteiger partial charge in [0.05, 0.1) is 5.25 Å². The molecule has 2 unspecified atom stereocenters. The Morgan fingerprint density at radius 1 is 1.38 bits per heavy atom. The molecule has 1 heterocycles. The smallest absolute Gasteiger partial charge is 0.160 e. The van der Waals surface area contributed by atoms with Crippen LogP contribution in [0.5, 0.6) is 0 Å². The van der Waals surface area contributed by atoms with Crippen LogP contribution < -0.4 is 10.6 Å². The lowest BCUT2D eigenvalue weighted by Crippen LogP contribution is -2.29. The first-order chi connectivity index (χ1) is 7.75. The van der Waals surface area contributed by atoms with Crippen LogP contribution in [0.1, 0.15) is 6.42 Å².